The predicted octanol–water partition coefficient (Wildman–Crippen LogP) is 2.18. The van der Waals surface area contributed by atoms with Crippen LogP contribution in [0.2, 0.25) is 0 Å². The molecule has 3 unspecified atom stereocenters. The maximum Gasteiger partial charge on any atom is 0.0672 e. The van der Waals surface area contributed by atoms with Crippen molar-refractivity contribution in [3.05, 3.63) is 18.0 Å². The van der Waals surface area contributed by atoms with Crippen molar-refractivity contribution in [1.82, 2.24) is 14.7 Å². The summed E-state index contributed by atoms with van der Waals surface area (Å²) in [5, 5.41) is 13.5. The van der Waals surface area contributed by atoms with Crippen molar-refractivity contribution in [3.8, 4) is 6.07 Å². The molecule has 0 saturated heterocycles. The van der Waals surface area contributed by atoms with E-state index < -0.39 is 0 Å². The van der Waals surface area contributed by atoms with Gasteiger partial charge in [0, 0.05) is 31.4 Å². The predicted molar refractivity (Wildman–Crippen MR) is 70.6 cm³/mol. The van der Waals surface area contributed by atoms with E-state index in [4.69, 9.17) is 0 Å². The van der Waals surface area contributed by atoms with E-state index in [1.807, 2.05) is 24.1 Å². The summed E-state index contributed by atoms with van der Waals surface area (Å²) in [5.41, 5.74) is 1.22. The second-order valence-corrected chi connectivity index (χ2v) is 5.66. The first-order valence-corrected chi connectivity index (χ1v) is 6.67. The second-order valence-electron chi connectivity index (χ2n) is 5.66. The third-order valence-corrected chi connectivity index (χ3v) is 4.00. The van der Waals surface area contributed by atoms with Gasteiger partial charge in [0.15, 0.2) is 0 Å². The van der Waals surface area contributed by atoms with Crippen LogP contribution in [0.15, 0.2) is 12.4 Å². The molecule has 18 heavy (non-hydrogen) atoms. The zero-order valence-electron chi connectivity index (χ0n) is 11.5. The highest BCUT2D eigenvalue weighted by Gasteiger charge is 2.31. The van der Waals surface area contributed by atoms with E-state index in [9.17, 15) is 5.26 Å². The molecule has 1 heterocycles. The summed E-state index contributed by atoms with van der Waals surface area (Å²) in [7, 11) is 4.06. The molecule has 0 N–H and O–H groups in total. The van der Waals surface area contributed by atoms with Gasteiger partial charge in [-0.2, -0.15) is 10.4 Å². The monoisotopic (exact) mass is 246 g/mol. The van der Waals surface area contributed by atoms with E-state index in [1.54, 1.807) is 0 Å². The summed E-state index contributed by atoms with van der Waals surface area (Å²) in [6.07, 6.45) is 7.32. The lowest BCUT2D eigenvalue weighted by Gasteiger charge is -2.37. The fourth-order valence-electron chi connectivity index (χ4n) is 2.95. The Morgan fingerprint density at radius 3 is 2.94 bits per heavy atom. The van der Waals surface area contributed by atoms with Crippen LogP contribution in [0.1, 0.15) is 31.7 Å². The van der Waals surface area contributed by atoms with Gasteiger partial charge in [-0.05, 0) is 32.2 Å². The number of nitriles is 1. The Morgan fingerprint density at radius 1 is 1.56 bits per heavy atom. The fraction of sp³-hybridized carbons (Fsp3) is 0.714. The van der Waals surface area contributed by atoms with Gasteiger partial charge in [0.2, 0.25) is 0 Å². The smallest absolute Gasteiger partial charge is 0.0672 e. The van der Waals surface area contributed by atoms with Gasteiger partial charge < -0.3 is 0 Å². The highest BCUT2D eigenvalue weighted by Crippen LogP contribution is 2.31. The molecule has 0 aliphatic heterocycles. The SMILES string of the molecule is CC1CCC(C#N)C(N(C)Cc2cnn(C)c2)C1. The molecular formula is C14H22N4. The van der Waals surface area contributed by atoms with Crippen LogP contribution < -0.4 is 0 Å². The maximum absolute atomic E-state index is 9.27. The molecule has 4 nitrogen and oxygen atoms in total. The number of aryl methyl sites for hydroxylation is 1. The van der Waals surface area contributed by atoms with Crippen molar-refractivity contribution in [3.63, 3.8) is 0 Å². The minimum Gasteiger partial charge on any atom is -0.298 e. The Bertz CT molecular complexity index is 431. The van der Waals surface area contributed by atoms with Crippen LogP contribution in [0, 0.1) is 23.2 Å². The van der Waals surface area contributed by atoms with Crippen LogP contribution in [0.25, 0.3) is 0 Å². The highest BCUT2D eigenvalue weighted by molar-refractivity contribution is 5.05. The summed E-state index contributed by atoms with van der Waals surface area (Å²) in [6, 6.07) is 2.87. The standard InChI is InChI=1S/C14H22N4/c1-11-4-5-13(7-15)14(6-11)17(2)9-12-8-16-18(3)10-12/h8,10-11,13-14H,4-6,9H2,1-3H3. The quantitative estimate of drug-likeness (QED) is 0.821. The van der Waals surface area contributed by atoms with E-state index in [0.29, 0.717) is 6.04 Å². The summed E-state index contributed by atoms with van der Waals surface area (Å²) < 4.78 is 1.83. The van der Waals surface area contributed by atoms with Crippen molar-refractivity contribution >= 4 is 0 Å². The van der Waals surface area contributed by atoms with Crippen molar-refractivity contribution < 1.29 is 0 Å². The van der Waals surface area contributed by atoms with E-state index in [2.05, 4.69) is 30.0 Å². The van der Waals surface area contributed by atoms with Gasteiger partial charge in [-0.3, -0.25) is 9.58 Å². The van der Waals surface area contributed by atoms with Crippen LogP contribution in [0.5, 0.6) is 0 Å². The normalized spacial score (nSPS) is 28.3. The summed E-state index contributed by atoms with van der Waals surface area (Å²) in [5.74, 6) is 0.916. The van der Waals surface area contributed by atoms with E-state index >= 15 is 0 Å². The van der Waals surface area contributed by atoms with Crippen LogP contribution in [-0.2, 0) is 13.6 Å². The first-order chi connectivity index (χ1) is 8.60. The van der Waals surface area contributed by atoms with Crippen LogP contribution in [0.4, 0.5) is 0 Å². The molecule has 0 spiro atoms. The lowest BCUT2D eigenvalue weighted by atomic mass is 9.79. The van der Waals surface area contributed by atoms with Gasteiger partial charge in [0.1, 0.15) is 0 Å². The molecule has 4 heteroatoms. The van der Waals surface area contributed by atoms with Crippen LogP contribution in [-0.4, -0.2) is 27.8 Å². The van der Waals surface area contributed by atoms with Crippen LogP contribution >= 0.6 is 0 Å². The average Bonchev–Trinajstić information content (AvgIpc) is 2.74. The van der Waals surface area contributed by atoms with Crippen LogP contribution in [0.3, 0.4) is 0 Å². The molecule has 1 aliphatic carbocycles. The molecule has 0 radical (unpaired) electrons. The van der Waals surface area contributed by atoms with Gasteiger partial charge in [-0.1, -0.05) is 6.92 Å². The molecule has 98 valence electrons. The molecule has 1 fully saturated rings. The summed E-state index contributed by atoms with van der Waals surface area (Å²) in [6.45, 7) is 3.17. The molecule has 1 aromatic rings. The van der Waals surface area contributed by atoms with Gasteiger partial charge in [0.25, 0.3) is 0 Å². The van der Waals surface area contributed by atoms with E-state index in [1.165, 1.54) is 12.0 Å². The number of aromatic nitrogens is 2. The Morgan fingerprint density at radius 2 is 2.33 bits per heavy atom. The largest absolute Gasteiger partial charge is 0.298 e. The zero-order valence-corrected chi connectivity index (χ0v) is 11.5. The fourth-order valence-corrected chi connectivity index (χ4v) is 2.95. The Labute approximate surface area is 109 Å². The Hall–Kier alpha value is -1.34. The average molecular weight is 246 g/mol. The van der Waals surface area contributed by atoms with Crippen molar-refractivity contribution in [1.29, 1.82) is 5.26 Å². The lowest BCUT2D eigenvalue weighted by Crippen LogP contribution is -2.41. The molecule has 0 bridgehead atoms. The van der Waals surface area contributed by atoms with Gasteiger partial charge >= 0.3 is 0 Å². The third-order valence-electron chi connectivity index (χ3n) is 4.00. The molecule has 0 amide bonds. The molecule has 1 saturated carbocycles. The maximum atomic E-state index is 9.27. The van der Waals surface area contributed by atoms with Crippen molar-refractivity contribution in [2.45, 2.75) is 38.8 Å². The number of hydrogen-bond donors (Lipinski definition) is 0. The zero-order chi connectivity index (χ0) is 13.1. The number of nitrogens with zero attached hydrogens (tertiary/aromatic N) is 4. The number of hydrogen-bond acceptors (Lipinski definition) is 3. The van der Waals surface area contributed by atoms with Crippen molar-refractivity contribution in [2.24, 2.45) is 18.9 Å². The summed E-state index contributed by atoms with van der Waals surface area (Å²) >= 11 is 0. The molecule has 3 atom stereocenters. The summed E-state index contributed by atoms with van der Waals surface area (Å²) in [4.78, 5) is 2.32. The number of rotatable bonds is 3. The lowest BCUT2D eigenvalue weighted by molar-refractivity contribution is 0.125. The second kappa shape index (κ2) is 5.53. The van der Waals surface area contributed by atoms with Gasteiger partial charge in [0.05, 0.1) is 18.2 Å². The molecular weight excluding hydrogens is 224 g/mol. The van der Waals surface area contributed by atoms with Gasteiger partial charge in [-0.15, -0.1) is 0 Å². The highest BCUT2D eigenvalue weighted by atomic mass is 15.2. The van der Waals surface area contributed by atoms with E-state index in [0.717, 1.165) is 25.3 Å². The Kier molecular flexibility index (Phi) is 4.03. The molecule has 1 aromatic heterocycles. The topological polar surface area (TPSA) is 44.9 Å². The molecule has 2 rings (SSSR count). The first-order valence-electron chi connectivity index (χ1n) is 6.67. The molecule has 0 aromatic carbocycles. The van der Waals surface area contributed by atoms with Crippen molar-refractivity contribution in [2.75, 3.05) is 7.05 Å². The van der Waals surface area contributed by atoms with Gasteiger partial charge in [-0.25, -0.2) is 0 Å². The first kappa shape index (κ1) is 13.1. The minimum atomic E-state index is 0.183. The van der Waals surface area contributed by atoms with E-state index in [-0.39, 0.29) is 5.92 Å². The Balaban J connectivity index is 2.02. The molecule has 1 aliphatic rings. The minimum absolute atomic E-state index is 0.183. The third kappa shape index (κ3) is 2.91.